The Morgan fingerprint density at radius 1 is 1.26 bits per heavy atom. The van der Waals surface area contributed by atoms with Crippen LogP contribution in [-0.4, -0.2) is 53.1 Å². The third-order valence-corrected chi connectivity index (χ3v) is 5.25. The molecule has 6 nitrogen and oxygen atoms in total. The summed E-state index contributed by atoms with van der Waals surface area (Å²) in [5.41, 5.74) is 0. The Bertz CT molecular complexity index is 555. The van der Waals surface area contributed by atoms with Crippen LogP contribution < -0.4 is 14.8 Å². The quantitative estimate of drug-likeness (QED) is 0.843. The summed E-state index contributed by atoms with van der Waals surface area (Å²) >= 11 is 0. The molecule has 0 aromatic heterocycles. The number of sulfonamides is 1. The number of ether oxygens (including phenoxy) is 2. The maximum Gasteiger partial charge on any atom is 0.246 e. The highest BCUT2D eigenvalue weighted by Crippen LogP contribution is 2.31. The summed E-state index contributed by atoms with van der Waals surface area (Å²) in [5.74, 6) is 0.849. The lowest BCUT2D eigenvalue weighted by Gasteiger charge is -2.34. The van der Waals surface area contributed by atoms with E-state index in [9.17, 15) is 8.42 Å². The second-order valence-electron chi connectivity index (χ2n) is 4.35. The minimum absolute atomic E-state index is 0.00296. The molecule has 7 heteroatoms. The van der Waals surface area contributed by atoms with E-state index in [1.807, 2.05) is 0 Å². The van der Waals surface area contributed by atoms with Gasteiger partial charge < -0.3 is 14.8 Å². The van der Waals surface area contributed by atoms with Crippen molar-refractivity contribution in [3.8, 4) is 11.5 Å². The largest absolute Gasteiger partial charge is 0.497 e. The summed E-state index contributed by atoms with van der Waals surface area (Å²) in [6.45, 7) is 1.35. The Morgan fingerprint density at radius 2 is 1.95 bits per heavy atom. The molecular weight excluding hydrogens is 268 g/mol. The van der Waals surface area contributed by atoms with E-state index < -0.39 is 10.0 Å². The van der Waals surface area contributed by atoms with Gasteiger partial charge in [-0.15, -0.1) is 0 Å². The molecule has 0 unspecified atom stereocenters. The van der Waals surface area contributed by atoms with Gasteiger partial charge in [-0.3, -0.25) is 0 Å². The van der Waals surface area contributed by atoms with Crippen molar-refractivity contribution < 1.29 is 17.9 Å². The number of nitrogens with zero attached hydrogens (tertiary/aromatic N) is 1. The van der Waals surface area contributed by atoms with Gasteiger partial charge in [0.15, 0.2) is 0 Å². The minimum atomic E-state index is -3.55. The topological polar surface area (TPSA) is 67.9 Å². The molecule has 0 aliphatic carbocycles. The molecule has 1 aliphatic rings. The molecule has 0 spiro atoms. The smallest absolute Gasteiger partial charge is 0.246 e. The van der Waals surface area contributed by atoms with Crippen molar-refractivity contribution in [2.45, 2.75) is 10.9 Å². The van der Waals surface area contributed by atoms with Crippen molar-refractivity contribution in [2.24, 2.45) is 0 Å². The normalized spacial score (nSPS) is 16.2. The van der Waals surface area contributed by atoms with Crippen LogP contribution in [0.4, 0.5) is 0 Å². The van der Waals surface area contributed by atoms with Gasteiger partial charge in [-0.2, -0.15) is 4.31 Å². The molecule has 1 aromatic carbocycles. The van der Waals surface area contributed by atoms with E-state index in [0.29, 0.717) is 24.6 Å². The van der Waals surface area contributed by atoms with Gasteiger partial charge in [0.25, 0.3) is 0 Å². The van der Waals surface area contributed by atoms with E-state index in [-0.39, 0.29) is 10.9 Å². The fraction of sp³-hybridized carbons (Fsp3) is 0.500. The van der Waals surface area contributed by atoms with Gasteiger partial charge in [-0.25, -0.2) is 8.42 Å². The van der Waals surface area contributed by atoms with Crippen LogP contribution in [0.3, 0.4) is 0 Å². The molecule has 0 radical (unpaired) electrons. The first-order valence-electron chi connectivity index (χ1n) is 5.91. The Kier molecular flexibility index (Phi) is 3.98. The predicted octanol–water partition coefficient (Wildman–Crippen LogP) is 0.296. The average Bonchev–Trinajstić information content (AvgIpc) is 2.35. The Morgan fingerprint density at radius 3 is 2.42 bits per heavy atom. The number of rotatable bonds is 5. The fourth-order valence-corrected chi connectivity index (χ4v) is 3.36. The Balaban J connectivity index is 2.39. The number of hydrogen-bond donors (Lipinski definition) is 1. The molecule has 0 amide bonds. The summed E-state index contributed by atoms with van der Waals surface area (Å²) in [7, 11) is 1.000. The van der Waals surface area contributed by atoms with Gasteiger partial charge in [-0.1, -0.05) is 0 Å². The standard InChI is InChI=1S/C12H18N2O4S/c1-14(9-7-13-8-9)19(15,16)12-5-4-10(17-2)6-11(12)18-3/h4-6,9,13H,7-8H2,1-3H3. The Labute approximate surface area is 113 Å². The summed E-state index contributed by atoms with van der Waals surface area (Å²) in [5, 5.41) is 3.06. The number of hydrogen-bond acceptors (Lipinski definition) is 5. The monoisotopic (exact) mass is 286 g/mol. The molecule has 1 aliphatic heterocycles. The molecule has 1 heterocycles. The zero-order valence-electron chi connectivity index (χ0n) is 11.2. The molecule has 106 valence electrons. The average molecular weight is 286 g/mol. The maximum atomic E-state index is 12.5. The highest BCUT2D eigenvalue weighted by Gasteiger charge is 2.33. The van der Waals surface area contributed by atoms with Gasteiger partial charge in [0.2, 0.25) is 10.0 Å². The predicted molar refractivity (Wildman–Crippen MR) is 71.2 cm³/mol. The molecule has 1 N–H and O–H groups in total. The van der Waals surface area contributed by atoms with Crippen LogP contribution >= 0.6 is 0 Å². The van der Waals surface area contributed by atoms with Gasteiger partial charge in [0.05, 0.1) is 14.2 Å². The molecule has 1 aromatic rings. The highest BCUT2D eigenvalue weighted by atomic mass is 32.2. The lowest BCUT2D eigenvalue weighted by Crippen LogP contribution is -2.57. The number of likely N-dealkylation sites (N-methyl/N-ethyl adjacent to an activating group) is 1. The molecule has 0 saturated carbocycles. The van der Waals surface area contributed by atoms with E-state index in [0.717, 1.165) is 0 Å². The van der Waals surface area contributed by atoms with Gasteiger partial charge in [0.1, 0.15) is 16.4 Å². The second kappa shape index (κ2) is 5.36. The second-order valence-corrected chi connectivity index (χ2v) is 6.32. The van der Waals surface area contributed by atoms with Crippen LogP contribution in [0.5, 0.6) is 11.5 Å². The third kappa shape index (κ3) is 2.54. The lowest BCUT2D eigenvalue weighted by atomic mass is 10.2. The fourth-order valence-electron chi connectivity index (χ4n) is 1.87. The summed E-state index contributed by atoms with van der Waals surface area (Å²) < 4.78 is 36.6. The molecule has 0 atom stereocenters. The third-order valence-electron chi connectivity index (χ3n) is 3.30. The summed E-state index contributed by atoms with van der Waals surface area (Å²) in [4.78, 5) is 0.158. The Hall–Kier alpha value is -1.31. The summed E-state index contributed by atoms with van der Waals surface area (Å²) in [6, 6.07) is 4.69. The van der Waals surface area contributed by atoms with Crippen molar-refractivity contribution in [1.82, 2.24) is 9.62 Å². The van der Waals surface area contributed by atoms with Crippen molar-refractivity contribution in [2.75, 3.05) is 34.4 Å². The van der Waals surface area contributed by atoms with Gasteiger partial charge >= 0.3 is 0 Å². The van der Waals surface area contributed by atoms with Crippen molar-refractivity contribution in [3.63, 3.8) is 0 Å². The molecule has 2 rings (SSSR count). The van der Waals surface area contributed by atoms with Crippen LogP contribution in [0.1, 0.15) is 0 Å². The number of nitrogens with one attached hydrogen (secondary N) is 1. The van der Waals surface area contributed by atoms with Gasteiger partial charge in [-0.05, 0) is 12.1 Å². The number of methoxy groups -OCH3 is 2. The zero-order chi connectivity index (χ0) is 14.0. The first kappa shape index (κ1) is 14.1. The first-order chi connectivity index (χ1) is 9.00. The molecule has 19 heavy (non-hydrogen) atoms. The van der Waals surface area contributed by atoms with E-state index in [1.54, 1.807) is 19.2 Å². The van der Waals surface area contributed by atoms with Crippen molar-refractivity contribution in [3.05, 3.63) is 18.2 Å². The lowest BCUT2D eigenvalue weighted by molar-refractivity contribution is 0.273. The molecule has 1 saturated heterocycles. The van der Waals surface area contributed by atoms with Crippen LogP contribution in [0.2, 0.25) is 0 Å². The van der Waals surface area contributed by atoms with Crippen LogP contribution in [-0.2, 0) is 10.0 Å². The van der Waals surface area contributed by atoms with Crippen molar-refractivity contribution in [1.29, 1.82) is 0 Å². The van der Waals surface area contributed by atoms with E-state index in [1.165, 1.54) is 24.6 Å². The molecular formula is C12H18N2O4S. The molecule has 0 bridgehead atoms. The van der Waals surface area contributed by atoms with E-state index in [2.05, 4.69) is 5.32 Å². The van der Waals surface area contributed by atoms with E-state index >= 15 is 0 Å². The maximum absolute atomic E-state index is 12.5. The van der Waals surface area contributed by atoms with E-state index in [4.69, 9.17) is 9.47 Å². The van der Waals surface area contributed by atoms with Crippen molar-refractivity contribution >= 4 is 10.0 Å². The molecule has 1 fully saturated rings. The SMILES string of the molecule is COc1ccc(S(=O)(=O)N(C)C2CNC2)c(OC)c1. The zero-order valence-corrected chi connectivity index (χ0v) is 12.0. The number of benzene rings is 1. The van der Waals surface area contributed by atoms with Crippen LogP contribution in [0, 0.1) is 0 Å². The van der Waals surface area contributed by atoms with Crippen LogP contribution in [0.25, 0.3) is 0 Å². The minimum Gasteiger partial charge on any atom is -0.497 e. The first-order valence-corrected chi connectivity index (χ1v) is 7.35. The van der Waals surface area contributed by atoms with Crippen LogP contribution in [0.15, 0.2) is 23.1 Å². The highest BCUT2D eigenvalue weighted by molar-refractivity contribution is 7.89. The van der Waals surface area contributed by atoms with Gasteiger partial charge in [0, 0.05) is 32.2 Å². The summed E-state index contributed by atoms with van der Waals surface area (Å²) in [6.07, 6.45) is 0.